The van der Waals surface area contributed by atoms with E-state index >= 15 is 0 Å². The fraction of sp³-hybridized carbons (Fsp3) is 0.500. The SMILES string of the molecule is CCOC(=O)C1(C)C(C)NC(=S)N(C)C1c1ccc(Cl)cc1. The molecule has 0 radical (unpaired) electrons. The number of hydrogen-bond acceptors (Lipinski definition) is 3. The van der Waals surface area contributed by atoms with Gasteiger partial charge in [0.15, 0.2) is 5.11 Å². The summed E-state index contributed by atoms with van der Waals surface area (Å²) in [5.41, 5.74) is 0.221. The summed E-state index contributed by atoms with van der Waals surface area (Å²) in [7, 11) is 1.89. The molecule has 0 amide bonds. The van der Waals surface area contributed by atoms with Gasteiger partial charge in [0.2, 0.25) is 0 Å². The van der Waals surface area contributed by atoms with Crippen molar-refractivity contribution in [3.63, 3.8) is 0 Å². The van der Waals surface area contributed by atoms with Gasteiger partial charge in [-0.3, -0.25) is 4.79 Å². The van der Waals surface area contributed by atoms with Gasteiger partial charge in [-0.2, -0.15) is 0 Å². The Hall–Kier alpha value is -1.33. The fourth-order valence-electron chi connectivity index (χ4n) is 2.98. The Labute approximate surface area is 141 Å². The van der Waals surface area contributed by atoms with Crippen molar-refractivity contribution >= 4 is 34.9 Å². The third-order valence-electron chi connectivity index (χ3n) is 4.42. The predicted octanol–water partition coefficient (Wildman–Crippen LogP) is 3.16. The number of ether oxygens (including phenoxy) is 1. The van der Waals surface area contributed by atoms with Gasteiger partial charge in [-0.15, -0.1) is 0 Å². The largest absolute Gasteiger partial charge is 0.465 e. The number of esters is 1. The lowest BCUT2D eigenvalue weighted by molar-refractivity contribution is -0.161. The van der Waals surface area contributed by atoms with Gasteiger partial charge in [-0.25, -0.2) is 0 Å². The molecule has 0 bridgehead atoms. The van der Waals surface area contributed by atoms with E-state index in [9.17, 15) is 4.79 Å². The van der Waals surface area contributed by atoms with Crippen molar-refractivity contribution in [2.45, 2.75) is 32.9 Å². The Balaban J connectivity index is 2.52. The highest BCUT2D eigenvalue weighted by Gasteiger charge is 2.53. The Morgan fingerprint density at radius 3 is 2.59 bits per heavy atom. The third kappa shape index (κ3) is 2.79. The average Bonchev–Trinajstić information content (AvgIpc) is 2.47. The van der Waals surface area contributed by atoms with Crippen LogP contribution >= 0.6 is 23.8 Å². The second-order valence-electron chi connectivity index (χ2n) is 5.74. The van der Waals surface area contributed by atoms with Gasteiger partial charge in [-0.05, 0) is 50.7 Å². The zero-order chi connectivity index (χ0) is 16.5. The second kappa shape index (κ2) is 6.42. The zero-order valence-corrected chi connectivity index (χ0v) is 14.8. The first kappa shape index (κ1) is 17.0. The van der Waals surface area contributed by atoms with Crippen molar-refractivity contribution in [3.8, 4) is 0 Å². The molecule has 1 saturated heterocycles. The van der Waals surface area contributed by atoms with Gasteiger partial charge in [0.25, 0.3) is 0 Å². The summed E-state index contributed by atoms with van der Waals surface area (Å²) in [6.07, 6.45) is 0. The highest BCUT2D eigenvalue weighted by atomic mass is 35.5. The second-order valence-corrected chi connectivity index (χ2v) is 6.56. The van der Waals surface area contributed by atoms with Crippen LogP contribution < -0.4 is 5.32 Å². The first-order valence-corrected chi connectivity index (χ1v) is 8.07. The molecule has 1 N–H and O–H groups in total. The van der Waals surface area contributed by atoms with E-state index in [1.807, 2.05) is 57.0 Å². The van der Waals surface area contributed by atoms with E-state index in [4.69, 9.17) is 28.6 Å². The molecule has 1 aliphatic rings. The highest BCUT2D eigenvalue weighted by Crippen LogP contribution is 2.44. The van der Waals surface area contributed by atoms with E-state index in [2.05, 4.69) is 5.32 Å². The van der Waals surface area contributed by atoms with Gasteiger partial charge in [0.05, 0.1) is 12.6 Å². The van der Waals surface area contributed by atoms with E-state index in [1.165, 1.54) is 0 Å². The number of rotatable bonds is 3. The van der Waals surface area contributed by atoms with Crippen LogP contribution in [0.25, 0.3) is 0 Å². The minimum Gasteiger partial charge on any atom is -0.465 e. The molecule has 0 spiro atoms. The van der Waals surface area contributed by atoms with E-state index < -0.39 is 5.41 Å². The van der Waals surface area contributed by atoms with Gasteiger partial charge in [-0.1, -0.05) is 23.7 Å². The first-order valence-electron chi connectivity index (χ1n) is 7.28. The van der Waals surface area contributed by atoms with E-state index in [0.29, 0.717) is 16.7 Å². The molecule has 6 heteroatoms. The molecule has 0 saturated carbocycles. The van der Waals surface area contributed by atoms with Crippen molar-refractivity contribution in [2.24, 2.45) is 5.41 Å². The number of halogens is 1. The lowest BCUT2D eigenvalue weighted by atomic mass is 9.71. The maximum atomic E-state index is 12.7. The number of nitrogens with one attached hydrogen (secondary N) is 1. The number of hydrogen-bond donors (Lipinski definition) is 1. The van der Waals surface area contributed by atoms with Crippen LogP contribution in [0.5, 0.6) is 0 Å². The molecule has 1 aliphatic heterocycles. The molecule has 1 aromatic carbocycles. The predicted molar refractivity (Wildman–Crippen MR) is 91.9 cm³/mol. The van der Waals surface area contributed by atoms with E-state index in [1.54, 1.807) is 0 Å². The third-order valence-corrected chi connectivity index (χ3v) is 5.07. The monoisotopic (exact) mass is 340 g/mol. The molecular formula is C16H21ClN2O2S. The van der Waals surface area contributed by atoms with Crippen molar-refractivity contribution in [2.75, 3.05) is 13.7 Å². The topological polar surface area (TPSA) is 41.6 Å². The quantitative estimate of drug-likeness (QED) is 0.676. The summed E-state index contributed by atoms with van der Waals surface area (Å²) in [6.45, 7) is 6.04. The van der Waals surface area contributed by atoms with Crippen LogP contribution in [0.1, 0.15) is 32.4 Å². The van der Waals surface area contributed by atoms with E-state index in [-0.39, 0.29) is 18.1 Å². The Kier molecular flexibility index (Phi) is 4.97. The molecule has 1 aromatic rings. The van der Waals surface area contributed by atoms with Crippen molar-refractivity contribution in [3.05, 3.63) is 34.9 Å². The minimum absolute atomic E-state index is 0.143. The van der Waals surface area contributed by atoms with Crippen LogP contribution in [0, 0.1) is 5.41 Å². The molecule has 0 aromatic heterocycles. The van der Waals surface area contributed by atoms with Gasteiger partial charge < -0.3 is 15.0 Å². The van der Waals surface area contributed by atoms with Gasteiger partial charge in [0.1, 0.15) is 5.41 Å². The zero-order valence-electron chi connectivity index (χ0n) is 13.2. The molecule has 0 aliphatic carbocycles. The molecule has 1 heterocycles. The number of benzene rings is 1. The van der Waals surface area contributed by atoms with Crippen LogP contribution in [-0.4, -0.2) is 35.7 Å². The maximum Gasteiger partial charge on any atom is 0.316 e. The molecule has 1 fully saturated rings. The number of nitrogens with zero attached hydrogens (tertiary/aromatic N) is 1. The molecule has 2 rings (SSSR count). The molecular weight excluding hydrogens is 320 g/mol. The smallest absolute Gasteiger partial charge is 0.316 e. The Bertz CT molecular complexity index is 578. The van der Waals surface area contributed by atoms with Crippen molar-refractivity contribution in [1.82, 2.24) is 10.2 Å². The Morgan fingerprint density at radius 2 is 2.05 bits per heavy atom. The van der Waals surface area contributed by atoms with Crippen LogP contribution in [-0.2, 0) is 9.53 Å². The summed E-state index contributed by atoms with van der Waals surface area (Å²) in [4.78, 5) is 14.6. The lowest BCUT2D eigenvalue weighted by Crippen LogP contribution is -2.63. The summed E-state index contributed by atoms with van der Waals surface area (Å²) in [5, 5.41) is 4.48. The normalized spacial score (nSPS) is 28.2. The minimum atomic E-state index is -0.763. The standard InChI is InChI=1S/C16H21ClN2O2S/c1-5-21-14(20)16(3)10(2)18-15(22)19(4)13(16)11-6-8-12(17)9-7-11/h6-10,13H,5H2,1-4H3,(H,18,22). The molecule has 120 valence electrons. The summed E-state index contributed by atoms with van der Waals surface area (Å²) < 4.78 is 5.34. The highest BCUT2D eigenvalue weighted by molar-refractivity contribution is 7.80. The molecule has 3 atom stereocenters. The Morgan fingerprint density at radius 1 is 1.45 bits per heavy atom. The first-order chi connectivity index (χ1) is 10.3. The molecule has 3 unspecified atom stereocenters. The number of carbonyl (C=O) groups excluding carboxylic acids is 1. The number of thiocarbonyl (C=S) groups is 1. The molecule has 22 heavy (non-hydrogen) atoms. The van der Waals surface area contributed by atoms with Gasteiger partial charge in [0, 0.05) is 18.1 Å². The van der Waals surface area contributed by atoms with Crippen LogP contribution in [0.3, 0.4) is 0 Å². The molecule has 4 nitrogen and oxygen atoms in total. The summed E-state index contributed by atoms with van der Waals surface area (Å²) >= 11 is 11.4. The van der Waals surface area contributed by atoms with Crippen LogP contribution in [0.2, 0.25) is 5.02 Å². The maximum absolute atomic E-state index is 12.7. The fourth-order valence-corrected chi connectivity index (χ4v) is 3.39. The average molecular weight is 341 g/mol. The van der Waals surface area contributed by atoms with Crippen molar-refractivity contribution in [1.29, 1.82) is 0 Å². The van der Waals surface area contributed by atoms with Crippen LogP contribution in [0.15, 0.2) is 24.3 Å². The lowest BCUT2D eigenvalue weighted by Gasteiger charge is -2.50. The van der Waals surface area contributed by atoms with Crippen molar-refractivity contribution < 1.29 is 9.53 Å². The van der Waals surface area contributed by atoms with Gasteiger partial charge >= 0.3 is 5.97 Å². The number of carbonyl (C=O) groups is 1. The van der Waals surface area contributed by atoms with Crippen LogP contribution in [0.4, 0.5) is 0 Å². The summed E-state index contributed by atoms with van der Waals surface area (Å²) in [6, 6.07) is 7.16. The van der Waals surface area contributed by atoms with E-state index in [0.717, 1.165) is 5.56 Å². The summed E-state index contributed by atoms with van der Waals surface area (Å²) in [5.74, 6) is -0.232.